The topological polar surface area (TPSA) is 29.1 Å². The van der Waals surface area contributed by atoms with E-state index >= 15 is 0 Å². The Morgan fingerprint density at radius 3 is 2.44 bits per heavy atom. The zero-order valence-corrected chi connectivity index (χ0v) is 13.2. The van der Waals surface area contributed by atoms with Gasteiger partial charge in [0.05, 0.1) is 3.57 Å². The molecule has 2 nitrogen and oxygen atoms in total. The van der Waals surface area contributed by atoms with E-state index in [1.54, 1.807) is 34.0 Å². The van der Waals surface area contributed by atoms with Gasteiger partial charge in [-0.3, -0.25) is 4.79 Å². The fourth-order valence-corrected chi connectivity index (χ4v) is 3.03. The van der Waals surface area contributed by atoms with Crippen molar-refractivity contribution in [1.29, 1.82) is 0 Å². The van der Waals surface area contributed by atoms with Crippen molar-refractivity contribution in [3.05, 3.63) is 48.1 Å². The lowest BCUT2D eigenvalue weighted by atomic mass is 10.3. The molecule has 1 heterocycles. The second kappa shape index (κ2) is 5.62. The number of hydrogen-bond acceptors (Lipinski definition) is 2. The average molecular weight is 444 g/mol. The number of halogens is 4. The molecule has 0 saturated heterocycles. The minimum absolute atomic E-state index is 0.0933. The fourth-order valence-electron chi connectivity index (χ4n) is 1.27. The van der Waals surface area contributed by atoms with E-state index in [2.05, 4.69) is 21.2 Å². The molecule has 0 spiro atoms. The number of benzene rings is 1. The van der Waals surface area contributed by atoms with E-state index in [1.807, 2.05) is 0 Å². The second-order valence-corrected chi connectivity index (χ2v) is 6.15. The van der Waals surface area contributed by atoms with Crippen LogP contribution in [0.3, 0.4) is 0 Å². The van der Waals surface area contributed by atoms with Crippen LogP contribution in [0.2, 0.25) is 0 Å². The van der Waals surface area contributed by atoms with E-state index < -0.39 is 17.5 Å². The molecule has 0 aliphatic heterocycles. The van der Waals surface area contributed by atoms with E-state index in [1.165, 1.54) is 11.3 Å². The molecule has 18 heavy (non-hydrogen) atoms. The normalized spacial score (nSPS) is 10.4. The van der Waals surface area contributed by atoms with Crippen molar-refractivity contribution in [2.45, 2.75) is 0 Å². The Labute approximate surface area is 128 Å². The molecule has 0 bridgehead atoms. The Bertz CT molecular complexity index is 594. The maximum atomic E-state index is 13.3. The van der Waals surface area contributed by atoms with Gasteiger partial charge < -0.3 is 5.32 Å². The first-order valence-electron chi connectivity index (χ1n) is 4.68. The van der Waals surface area contributed by atoms with E-state index in [4.69, 9.17) is 0 Å². The molecule has 7 heteroatoms. The van der Waals surface area contributed by atoms with E-state index in [9.17, 15) is 13.6 Å². The molecular formula is C11H5BrF2INOS. The zero-order chi connectivity index (χ0) is 13.3. The van der Waals surface area contributed by atoms with Gasteiger partial charge in [0.15, 0.2) is 0 Å². The summed E-state index contributed by atoms with van der Waals surface area (Å²) in [5.41, 5.74) is 0.0933. The summed E-state index contributed by atoms with van der Waals surface area (Å²) in [6, 6.07) is 3.91. The van der Waals surface area contributed by atoms with Crippen LogP contribution >= 0.6 is 49.9 Å². The smallest absolute Gasteiger partial charge is 0.266 e. The highest BCUT2D eigenvalue weighted by atomic mass is 127. The number of nitrogens with one attached hydrogen (secondary N) is 1. The highest BCUT2D eigenvalue weighted by molar-refractivity contribution is 14.1. The summed E-state index contributed by atoms with van der Waals surface area (Å²) in [5, 5.41) is 4.20. The van der Waals surface area contributed by atoms with Crippen LogP contribution in [-0.4, -0.2) is 5.91 Å². The summed E-state index contributed by atoms with van der Waals surface area (Å²) in [7, 11) is 0. The van der Waals surface area contributed by atoms with Gasteiger partial charge in [0, 0.05) is 10.2 Å². The maximum absolute atomic E-state index is 13.3. The molecule has 94 valence electrons. The fraction of sp³-hybridized carbons (Fsp3) is 0. The molecule has 2 aromatic rings. The minimum atomic E-state index is -0.698. The van der Waals surface area contributed by atoms with Gasteiger partial charge >= 0.3 is 0 Å². The number of rotatable bonds is 2. The molecule has 1 N–H and O–H groups in total. The number of anilines is 1. The highest BCUT2D eigenvalue weighted by Crippen LogP contribution is 2.25. The molecule has 0 aliphatic carbocycles. The standard InChI is InChI=1S/C11H5BrF2INOS/c12-6-1-2-18-10(6)11(17)16-5-3-7(13)9(15)8(14)4-5/h1-4H,(H,16,17). The SMILES string of the molecule is O=C(Nc1cc(F)c(I)c(F)c1)c1sccc1Br. The van der Waals surface area contributed by atoms with Crippen LogP contribution in [0, 0.1) is 15.2 Å². The summed E-state index contributed by atoms with van der Waals surface area (Å²) in [4.78, 5) is 12.3. The van der Waals surface area contributed by atoms with Gasteiger partial charge in [-0.15, -0.1) is 11.3 Å². The van der Waals surface area contributed by atoms with Crippen molar-refractivity contribution in [2.24, 2.45) is 0 Å². The Balaban J connectivity index is 2.25. The van der Waals surface area contributed by atoms with Gasteiger partial charge in [-0.1, -0.05) is 0 Å². The third-order valence-corrected chi connectivity index (χ3v) is 4.93. The molecule has 2 rings (SSSR count). The zero-order valence-electron chi connectivity index (χ0n) is 8.64. The number of carbonyl (C=O) groups excluding carboxylic acids is 1. The number of thiophene rings is 1. The second-order valence-electron chi connectivity index (χ2n) is 3.31. The lowest BCUT2D eigenvalue weighted by molar-refractivity contribution is 0.103. The van der Waals surface area contributed by atoms with Crippen molar-refractivity contribution in [2.75, 3.05) is 5.32 Å². The van der Waals surface area contributed by atoms with Crippen molar-refractivity contribution < 1.29 is 13.6 Å². The third kappa shape index (κ3) is 2.89. The van der Waals surface area contributed by atoms with Gasteiger partial charge in [0.25, 0.3) is 5.91 Å². The predicted octanol–water partition coefficient (Wildman–Crippen LogP) is 4.65. The summed E-state index contributed by atoms with van der Waals surface area (Å²) in [6.07, 6.45) is 0. The quantitative estimate of drug-likeness (QED) is 0.531. The monoisotopic (exact) mass is 443 g/mol. The van der Waals surface area contributed by atoms with Crippen LogP contribution in [0.1, 0.15) is 9.67 Å². The number of hydrogen-bond donors (Lipinski definition) is 1. The van der Waals surface area contributed by atoms with Crippen molar-refractivity contribution >= 4 is 61.5 Å². The van der Waals surface area contributed by atoms with E-state index in [-0.39, 0.29) is 9.26 Å². The Kier molecular flexibility index (Phi) is 4.33. The van der Waals surface area contributed by atoms with Gasteiger partial charge in [-0.2, -0.15) is 0 Å². The highest BCUT2D eigenvalue weighted by Gasteiger charge is 2.14. The molecule has 1 aromatic carbocycles. The van der Waals surface area contributed by atoms with Gasteiger partial charge in [-0.25, -0.2) is 8.78 Å². The average Bonchev–Trinajstić information content (AvgIpc) is 2.72. The lowest BCUT2D eigenvalue weighted by Crippen LogP contribution is -2.11. The Morgan fingerprint density at radius 1 is 1.33 bits per heavy atom. The van der Waals surface area contributed by atoms with E-state index in [0.29, 0.717) is 9.35 Å². The molecule has 0 radical (unpaired) electrons. The largest absolute Gasteiger partial charge is 0.321 e. The van der Waals surface area contributed by atoms with Gasteiger partial charge in [0.2, 0.25) is 0 Å². The summed E-state index contributed by atoms with van der Waals surface area (Å²) in [6.45, 7) is 0. The first-order valence-corrected chi connectivity index (χ1v) is 7.43. The molecule has 0 saturated carbocycles. The summed E-state index contributed by atoms with van der Waals surface area (Å²) < 4.78 is 27.2. The van der Waals surface area contributed by atoms with Crippen LogP contribution in [0.25, 0.3) is 0 Å². The summed E-state index contributed by atoms with van der Waals surface area (Å²) >= 11 is 6.03. The van der Waals surface area contributed by atoms with Gasteiger partial charge in [-0.05, 0) is 62.1 Å². The molecule has 0 unspecified atom stereocenters. The molecule has 0 atom stereocenters. The predicted molar refractivity (Wildman–Crippen MR) is 79.0 cm³/mol. The molecule has 0 fully saturated rings. The molecule has 0 aliphatic rings. The Morgan fingerprint density at radius 2 is 1.94 bits per heavy atom. The summed E-state index contributed by atoms with van der Waals surface area (Å²) in [5.74, 6) is -1.80. The number of carbonyl (C=O) groups is 1. The van der Waals surface area contributed by atoms with Crippen molar-refractivity contribution in [3.63, 3.8) is 0 Å². The first kappa shape index (κ1) is 13.9. The van der Waals surface area contributed by atoms with Crippen LogP contribution in [0.4, 0.5) is 14.5 Å². The Hall–Kier alpha value is -0.540. The molecular weight excluding hydrogens is 439 g/mol. The lowest BCUT2D eigenvalue weighted by Gasteiger charge is -2.06. The van der Waals surface area contributed by atoms with Crippen LogP contribution in [-0.2, 0) is 0 Å². The van der Waals surface area contributed by atoms with Crippen LogP contribution in [0.15, 0.2) is 28.1 Å². The maximum Gasteiger partial charge on any atom is 0.266 e. The number of amides is 1. The molecule has 1 aromatic heterocycles. The van der Waals surface area contributed by atoms with Crippen LogP contribution in [0.5, 0.6) is 0 Å². The van der Waals surface area contributed by atoms with Crippen LogP contribution < -0.4 is 5.32 Å². The first-order chi connectivity index (χ1) is 8.49. The van der Waals surface area contributed by atoms with Crippen molar-refractivity contribution in [1.82, 2.24) is 0 Å². The third-order valence-electron chi connectivity index (χ3n) is 2.07. The van der Waals surface area contributed by atoms with E-state index in [0.717, 1.165) is 12.1 Å². The van der Waals surface area contributed by atoms with Gasteiger partial charge in [0.1, 0.15) is 16.5 Å². The minimum Gasteiger partial charge on any atom is -0.321 e. The molecule has 1 amide bonds. The van der Waals surface area contributed by atoms with Crippen molar-refractivity contribution in [3.8, 4) is 0 Å².